The fourth-order valence-corrected chi connectivity index (χ4v) is 2.13. The first kappa shape index (κ1) is 11.5. The van der Waals surface area contributed by atoms with Gasteiger partial charge in [0.15, 0.2) is 12.0 Å². The zero-order valence-corrected chi connectivity index (χ0v) is 10.2. The first-order valence-corrected chi connectivity index (χ1v) is 6.08. The molecule has 3 aromatic rings. The first-order chi connectivity index (χ1) is 9.38. The molecule has 0 aliphatic carbocycles. The minimum atomic E-state index is 0.345. The van der Waals surface area contributed by atoms with Crippen molar-refractivity contribution in [2.75, 3.05) is 0 Å². The Balaban J connectivity index is 2.14. The second kappa shape index (κ2) is 4.94. The van der Waals surface area contributed by atoms with Crippen LogP contribution in [0.25, 0.3) is 22.5 Å². The average molecular weight is 248 g/mol. The molecule has 0 bridgehead atoms. The molecule has 0 radical (unpaired) electrons. The lowest BCUT2D eigenvalue weighted by Gasteiger charge is -2.07. The molecule has 0 N–H and O–H groups in total. The molecule has 2 nitrogen and oxygen atoms in total. The summed E-state index contributed by atoms with van der Waals surface area (Å²) in [6, 6.07) is 21.6. The summed E-state index contributed by atoms with van der Waals surface area (Å²) in [5, 5.41) is 0. The van der Waals surface area contributed by atoms with Crippen LogP contribution in [0.5, 0.6) is 0 Å². The third-order valence-corrected chi connectivity index (χ3v) is 3.02. The van der Waals surface area contributed by atoms with Gasteiger partial charge in [0, 0.05) is 5.56 Å². The van der Waals surface area contributed by atoms with Gasteiger partial charge in [0.1, 0.15) is 5.76 Å². The molecule has 0 fully saturated rings. The summed E-state index contributed by atoms with van der Waals surface area (Å²) in [5.74, 6) is 1.06. The Labute approximate surface area is 111 Å². The van der Waals surface area contributed by atoms with E-state index in [1.165, 1.54) is 0 Å². The van der Waals surface area contributed by atoms with Gasteiger partial charge in [-0.25, -0.2) is 0 Å². The number of aldehydes is 1. The third-order valence-electron chi connectivity index (χ3n) is 3.02. The van der Waals surface area contributed by atoms with Crippen molar-refractivity contribution in [1.29, 1.82) is 0 Å². The molecule has 0 amide bonds. The fourth-order valence-electron chi connectivity index (χ4n) is 2.13. The molecular weight excluding hydrogens is 236 g/mol. The van der Waals surface area contributed by atoms with Gasteiger partial charge in [0.05, 0.1) is 0 Å². The zero-order chi connectivity index (χ0) is 13.1. The summed E-state index contributed by atoms with van der Waals surface area (Å²) in [5.41, 5.74) is 3.21. The summed E-state index contributed by atoms with van der Waals surface area (Å²) in [4.78, 5) is 10.7. The maximum Gasteiger partial charge on any atom is 0.185 e. The molecule has 0 saturated carbocycles. The van der Waals surface area contributed by atoms with Crippen molar-refractivity contribution in [3.63, 3.8) is 0 Å². The minimum Gasteiger partial charge on any atom is -0.453 e. The van der Waals surface area contributed by atoms with E-state index >= 15 is 0 Å². The topological polar surface area (TPSA) is 30.2 Å². The van der Waals surface area contributed by atoms with E-state index in [-0.39, 0.29) is 0 Å². The predicted octanol–water partition coefficient (Wildman–Crippen LogP) is 4.43. The predicted molar refractivity (Wildman–Crippen MR) is 75.0 cm³/mol. The van der Waals surface area contributed by atoms with Crippen LogP contribution in [-0.4, -0.2) is 6.29 Å². The number of benzene rings is 2. The molecule has 0 unspecified atom stereocenters. The van der Waals surface area contributed by atoms with Crippen LogP contribution in [0.1, 0.15) is 10.6 Å². The minimum absolute atomic E-state index is 0.345. The van der Waals surface area contributed by atoms with E-state index < -0.39 is 0 Å². The molecule has 0 aliphatic rings. The molecule has 0 atom stereocenters. The Morgan fingerprint density at radius 1 is 0.737 bits per heavy atom. The van der Waals surface area contributed by atoms with Crippen LogP contribution in [0.3, 0.4) is 0 Å². The summed E-state index contributed by atoms with van der Waals surface area (Å²) >= 11 is 0. The van der Waals surface area contributed by atoms with Gasteiger partial charge in [-0.05, 0) is 23.3 Å². The van der Waals surface area contributed by atoms with Crippen LogP contribution < -0.4 is 0 Å². The van der Waals surface area contributed by atoms with Crippen LogP contribution in [0.2, 0.25) is 0 Å². The molecule has 1 aromatic heterocycles. The highest BCUT2D eigenvalue weighted by atomic mass is 16.3. The average Bonchev–Trinajstić information content (AvgIpc) is 2.97. The summed E-state index contributed by atoms with van der Waals surface area (Å²) < 4.78 is 5.51. The standard InChI is InChI=1S/C17H12O2/c18-12-14-10-11-17(19-14)16-9-5-4-8-15(16)13-6-2-1-3-7-13/h1-12H. The lowest BCUT2D eigenvalue weighted by Crippen LogP contribution is -1.82. The van der Waals surface area contributed by atoms with Crippen LogP contribution in [0.15, 0.2) is 71.1 Å². The number of carbonyl (C=O) groups is 1. The van der Waals surface area contributed by atoms with E-state index in [0.29, 0.717) is 17.8 Å². The van der Waals surface area contributed by atoms with E-state index in [1.54, 1.807) is 6.07 Å². The molecule has 0 saturated heterocycles. The number of carbonyl (C=O) groups excluding carboxylic acids is 1. The molecule has 2 aromatic carbocycles. The van der Waals surface area contributed by atoms with Gasteiger partial charge < -0.3 is 4.42 Å². The number of rotatable bonds is 3. The van der Waals surface area contributed by atoms with Gasteiger partial charge in [-0.3, -0.25) is 4.79 Å². The van der Waals surface area contributed by atoms with E-state index in [2.05, 4.69) is 12.1 Å². The van der Waals surface area contributed by atoms with Crippen molar-refractivity contribution in [2.45, 2.75) is 0 Å². The maximum absolute atomic E-state index is 10.7. The van der Waals surface area contributed by atoms with Crippen LogP contribution in [0, 0.1) is 0 Å². The molecule has 92 valence electrons. The van der Waals surface area contributed by atoms with Gasteiger partial charge >= 0.3 is 0 Å². The fraction of sp³-hybridized carbons (Fsp3) is 0. The highest BCUT2D eigenvalue weighted by Gasteiger charge is 2.10. The van der Waals surface area contributed by atoms with Gasteiger partial charge in [-0.15, -0.1) is 0 Å². The molecule has 0 spiro atoms. The molecule has 0 aliphatic heterocycles. The highest BCUT2D eigenvalue weighted by Crippen LogP contribution is 2.32. The van der Waals surface area contributed by atoms with E-state index in [9.17, 15) is 4.79 Å². The Hall–Kier alpha value is -2.61. The number of furan rings is 1. The third kappa shape index (κ3) is 2.20. The van der Waals surface area contributed by atoms with Crippen molar-refractivity contribution in [2.24, 2.45) is 0 Å². The quantitative estimate of drug-likeness (QED) is 0.642. The Bertz CT molecular complexity index is 696. The summed E-state index contributed by atoms with van der Waals surface area (Å²) in [6.07, 6.45) is 0.717. The first-order valence-electron chi connectivity index (χ1n) is 6.08. The Morgan fingerprint density at radius 3 is 2.11 bits per heavy atom. The summed E-state index contributed by atoms with van der Waals surface area (Å²) in [7, 11) is 0. The Morgan fingerprint density at radius 2 is 1.42 bits per heavy atom. The lowest BCUT2D eigenvalue weighted by molar-refractivity contribution is 0.110. The normalized spacial score (nSPS) is 10.3. The lowest BCUT2D eigenvalue weighted by atomic mass is 9.98. The van der Waals surface area contributed by atoms with Gasteiger partial charge in [0.2, 0.25) is 0 Å². The highest BCUT2D eigenvalue weighted by molar-refractivity contribution is 5.82. The molecule has 19 heavy (non-hydrogen) atoms. The largest absolute Gasteiger partial charge is 0.453 e. The number of hydrogen-bond donors (Lipinski definition) is 0. The molecule has 1 heterocycles. The Kier molecular flexibility index (Phi) is 2.99. The van der Waals surface area contributed by atoms with Crippen molar-refractivity contribution < 1.29 is 9.21 Å². The van der Waals surface area contributed by atoms with Gasteiger partial charge in [-0.2, -0.15) is 0 Å². The summed E-state index contributed by atoms with van der Waals surface area (Å²) in [6.45, 7) is 0. The van der Waals surface area contributed by atoms with Crippen LogP contribution >= 0.6 is 0 Å². The monoisotopic (exact) mass is 248 g/mol. The van der Waals surface area contributed by atoms with E-state index in [4.69, 9.17) is 4.42 Å². The second-order valence-corrected chi connectivity index (χ2v) is 4.23. The smallest absolute Gasteiger partial charge is 0.185 e. The van der Waals surface area contributed by atoms with E-state index in [0.717, 1.165) is 16.7 Å². The van der Waals surface area contributed by atoms with E-state index in [1.807, 2.05) is 48.5 Å². The molecule has 3 rings (SSSR count). The van der Waals surface area contributed by atoms with Crippen molar-refractivity contribution in [1.82, 2.24) is 0 Å². The molecular formula is C17H12O2. The number of hydrogen-bond acceptors (Lipinski definition) is 2. The SMILES string of the molecule is O=Cc1ccc(-c2ccccc2-c2ccccc2)o1. The van der Waals surface area contributed by atoms with Crippen molar-refractivity contribution >= 4 is 6.29 Å². The van der Waals surface area contributed by atoms with Gasteiger partial charge in [0.25, 0.3) is 0 Å². The van der Waals surface area contributed by atoms with Crippen molar-refractivity contribution in [3.8, 4) is 22.5 Å². The zero-order valence-electron chi connectivity index (χ0n) is 10.2. The van der Waals surface area contributed by atoms with Gasteiger partial charge in [-0.1, -0.05) is 54.6 Å². The van der Waals surface area contributed by atoms with Crippen LogP contribution in [-0.2, 0) is 0 Å². The second-order valence-electron chi connectivity index (χ2n) is 4.23. The van der Waals surface area contributed by atoms with Crippen LogP contribution in [0.4, 0.5) is 0 Å². The molecule has 2 heteroatoms. The maximum atomic E-state index is 10.7. The van der Waals surface area contributed by atoms with Crippen molar-refractivity contribution in [3.05, 3.63) is 72.5 Å².